The quantitative estimate of drug-likeness (QED) is 0.509. The van der Waals surface area contributed by atoms with E-state index < -0.39 is 11.7 Å². The lowest BCUT2D eigenvalue weighted by molar-refractivity contribution is 0.0889. The van der Waals surface area contributed by atoms with E-state index in [2.05, 4.69) is 0 Å². The van der Waals surface area contributed by atoms with Gasteiger partial charge in [-0.2, -0.15) is 0 Å². The van der Waals surface area contributed by atoms with E-state index in [1.165, 1.54) is 12.1 Å². The normalized spacial score (nSPS) is 15.1. The third-order valence-electron chi connectivity index (χ3n) is 5.36. The van der Waals surface area contributed by atoms with E-state index in [4.69, 9.17) is 4.74 Å². The van der Waals surface area contributed by atoms with Crippen LogP contribution in [-0.4, -0.2) is 32.8 Å². The first-order valence-electron chi connectivity index (χ1n) is 10.2. The molecule has 164 valence electrons. The van der Waals surface area contributed by atoms with E-state index in [9.17, 15) is 25.2 Å². The van der Waals surface area contributed by atoms with Crippen molar-refractivity contribution in [3.05, 3.63) is 63.8 Å². The highest BCUT2D eigenvalue weighted by Gasteiger charge is 2.36. The maximum atomic E-state index is 13.3. The summed E-state index contributed by atoms with van der Waals surface area (Å²) in [6.07, 6.45) is 4.50. The summed E-state index contributed by atoms with van der Waals surface area (Å²) in [5, 5.41) is 41.7. The number of phenolic OH excluding ortho intramolecular Hbond substituents is 4. The van der Waals surface area contributed by atoms with Gasteiger partial charge in [0.2, 0.25) is 0 Å². The number of aromatic hydroxyl groups is 4. The smallest absolute Gasteiger partial charge is 0.181 e. The lowest BCUT2D eigenvalue weighted by Gasteiger charge is -2.27. The van der Waals surface area contributed by atoms with Crippen molar-refractivity contribution >= 4 is 5.78 Å². The Kier molecular flexibility index (Phi) is 6.29. The van der Waals surface area contributed by atoms with E-state index in [-0.39, 0.29) is 52.9 Å². The summed E-state index contributed by atoms with van der Waals surface area (Å²) in [5.74, 6) is -1.88. The number of rotatable bonds is 5. The first-order chi connectivity index (χ1) is 14.6. The van der Waals surface area contributed by atoms with Crippen molar-refractivity contribution in [1.82, 2.24) is 0 Å². The van der Waals surface area contributed by atoms with Gasteiger partial charge in [0.25, 0.3) is 0 Å². The number of fused-ring (bicyclic) bond motifs is 1. The Bertz CT molecular complexity index is 1090. The molecule has 0 radical (unpaired) electrons. The van der Waals surface area contributed by atoms with Gasteiger partial charge < -0.3 is 25.2 Å². The Hall–Kier alpha value is -3.41. The molecule has 0 aromatic heterocycles. The molecular formula is C25H28O6. The third-order valence-corrected chi connectivity index (χ3v) is 5.36. The minimum Gasteiger partial charge on any atom is -0.508 e. The first kappa shape index (κ1) is 22.3. The van der Waals surface area contributed by atoms with Crippen molar-refractivity contribution < 1.29 is 30.0 Å². The van der Waals surface area contributed by atoms with Crippen molar-refractivity contribution in [3.8, 4) is 28.7 Å². The molecule has 1 atom stereocenters. The Labute approximate surface area is 181 Å². The molecule has 6 heteroatoms. The summed E-state index contributed by atoms with van der Waals surface area (Å²) in [7, 11) is 0. The number of hydrogen-bond acceptors (Lipinski definition) is 6. The summed E-state index contributed by atoms with van der Waals surface area (Å²) in [6.45, 7) is 7.63. The van der Waals surface area contributed by atoms with Crippen LogP contribution >= 0.6 is 0 Å². The molecule has 0 amide bonds. The number of benzene rings is 2. The molecule has 2 aromatic carbocycles. The van der Waals surface area contributed by atoms with Gasteiger partial charge in [0.15, 0.2) is 5.78 Å². The fourth-order valence-electron chi connectivity index (χ4n) is 3.58. The Morgan fingerprint density at radius 1 is 0.935 bits per heavy atom. The van der Waals surface area contributed by atoms with E-state index in [0.717, 1.165) is 11.1 Å². The minimum absolute atomic E-state index is 0.00969. The number of phenols is 4. The van der Waals surface area contributed by atoms with Crippen molar-refractivity contribution in [1.29, 1.82) is 0 Å². The predicted molar refractivity (Wildman–Crippen MR) is 118 cm³/mol. The van der Waals surface area contributed by atoms with Crippen LogP contribution in [0.15, 0.2) is 41.5 Å². The molecule has 0 saturated carbocycles. The zero-order chi connectivity index (χ0) is 22.9. The van der Waals surface area contributed by atoms with Crippen LogP contribution in [0.5, 0.6) is 28.7 Å². The average Bonchev–Trinajstić information content (AvgIpc) is 2.67. The van der Waals surface area contributed by atoms with Gasteiger partial charge in [0, 0.05) is 23.3 Å². The Morgan fingerprint density at radius 3 is 2.23 bits per heavy atom. The van der Waals surface area contributed by atoms with Crippen molar-refractivity contribution in [3.63, 3.8) is 0 Å². The third kappa shape index (κ3) is 4.53. The van der Waals surface area contributed by atoms with Crippen molar-refractivity contribution in [2.24, 2.45) is 0 Å². The molecule has 2 aromatic rings. The number of ketones is 1. The highest BCUT2D eigenvalue weighted by atomic mass is 16.5. The van der Waals surface area contributed by atoms with Crippen LogP contribution in [0.2, 0.25) is 0 Å². The molecule has 0 fully saturated rings. The highest BCUT2D eigenvalue weighted by Crippen LogP contribution is 2.45. The molecule has 31 heavy (non-hydrogen) atoms. The van der Waals surface area contributed by atoms with E-state index >= 15 is 0 Å². The fourth-order valence-corrected chi connectivity index (χ4v) is 3.58. The number of carbonyl (C=O) groups is 1. The molecule has 1 heterocycles. The maximum absolute atomic E-state index is 13.3. The van der Waals surface area contributed by atoms with Gasteiger partial charge in [0.1, 0.15) is 40.9 Å². The minimum atomic E-state index is -0.856. The molecule has 3 rings (SSSR count). The van der Waals surface area contributed by atoms with Crippen LogP contribution in [0.3, 0.4) is 0 Å². The topological polar surface area (TPSA) is 107 Å². The molecule has 4 N–H and O–H groups in total. The lowest BCUT2D eigenvalue weighted by atomic mass is 9.85. The molecule has 0 spiro atoms. The second kappa shape index (κ2) is 8.76. The highest BCUT2D eigenvalue weighted by molar-refractivity contribution is 6.07. The second-order valence-electron chi connectivity index (χ2n) is 8.33. The number of hydrogen-bond donors (Lipinski definition) is 4. The summed E-state index contributed by atoms with van der Waals surface area (Å²) in [5.41, 5.74) is 3.22. The number of ether oxygens (including phenoxy) is 1. The molecule has 1 aliphatic rings. The monoisotopic (exact) mass is 424 g/mol. The Morgan fingerprint density at radius 2 is 1.58 bits per heavy atom. The van der Waals surface area contributed by atoms with E-state index in [1.54, 1.807) is 6.07 Å². The van der Waals surface area contributed by atoms with Crippen molar-refractivity contribution in [2.45, 2.75) is 46.5 Å². The van der Waals surface area contributed by atoms with Crippen LogP contribution in [0, 0.1) is 0 Å². The molecule has 6 nitrogen and oxygen atoms in total. The largest absolute Gasteiger partial charge is 0.508 e. The predicted octanol–water partition coefficient (Wildman–Crippen LogP) is 4.89. The number of allylic oxidation sites excluding steroid dienone is 4. The average molecular weight is 424 g/mol. The van der Waals surface area contributed by atoms with Gasteiger partial charge in [-0.1, -0.05) is 23.3 Å². The van der Waals surface area contributed by atoms with Crippen LogP contribution in [0.4, 0.5) is 0 Å². The summed E-state index contributed by atoms with van der Waals surface area (Å²) >= 11 is 0. The van der Waals surface area contributed by atoms with Gasteiger partial charge in [-0.25, -0.2) is 0 Å². The van der Waals surface area contributed by atoms with Crippen LogP contribution in [-0.2, 0) is 12.8 Å². The molecule has 1 unspecified atom stereocenters. The molecule has 0 saturated heterocycles. The van der Waals surface area contributed by atoms with Crippen LogP contribution in [0.1, 0.15) is 60.7 Å². The summed E-state index contributed by atoms with van der Waals surface area (Å²) < 4.78 is 5.68. The Balaban J connectivity index is 2.05. The zero-order valence-electron chi connectivity index (χ0n) is 18.2. The number of Topliss-reactive ketones (excluding diaryl/α,β-unsaturated/α-hetero) is 1. The summed E-state index contributed by atoms with van der Waals surface area (Å²) in [6, 6.07) is 4.17. The van der Waals surface area contributed by atoms with Gasteiger partial charge >= 0.3 is 0 Å². The van der Waals surface area contributed by atoms with Crippen LogP contribution < -0.4 is 4.74 Å². The lowest BCUT2D eigenvalue weighted by Crippen LogP contribution is -2.26. The van der Waals surface area contributed by atoms with Gasteiger partial charge in [-0.15, -0.1) is 0 Å². The second-order valence-corrected chi connectivity index (χ2v) is 8.33. The fraction of sp³-hybridized carbons (Fsp3) is 0.320. The SMILES string of the molecule is CC(C)=CCc1cc(C2COc3cc(O)c(CC=C(C)C)c(O)c3C2=O)c(O)cc1O. The summed E-state index contributed by atoms with van der Waals surface area (Å²) in [4.78, 5) is 13.3. The van der Waals surface area contributed by atoms with Crippen molar-refractivity contribution in [2.75, 3.05) is 6.61 Å². The maximum Gasteiger partial charge on any atom is 0.181 e. The van der Waals surface area contributed by atoms with E-state index in [1.807, 2.05) is 39.8 Å². The van der Waals surface area contributed by atoms with Gasteiger partial charge in [-0.3, -0.25) is 4.79 Å². The molecular weight excluding hydrogens is 396 g/mol. The van der Waals surface area contributed by atoms with E-state index in [0.29, 0.717) is 17.5 Å². The standard InChI is InChI=1S/C25H28O6/c1-13(2)5-7-15-9-17(20(27)10-19(15)26)18-12-31-22-11-21(28)16(8-6-14(3)4)24(29)23(22)25(18)30/h5-6,9-11,18,26-29H,7-8,12H2,1-4H3. The van der Waals surface area contributed by atoms with Gasteiger partial charge in [-0.05, 0) is 52.2 Å². The first-order valence-corrected chi connectivity index (χ1v) is 10.2. The molecule has 0 aliphatic carbocycles. The molecule has 1 aliphatic heterocycles. The zero-order valence-corrected chi connectivity index (χ0v) is 18.2. The number of carbonyl (C=O) groups excluding carboxylic acids is 1. The van der Waals surface area contributed by atoms with Crippen LogP contribution in [0.25, 0.3) is 0 Å². The molecule has 0 bridgehead atoms. The van der Waals surface area contributed by atoms with Gasteiger partial charge in [0.05, 0.1) is 5.92 Å².